The van der Waals surface area contributed by atoms with Crippen molar-refractivity contribution in [2.24, 2.45) is 11.7 Å². The number of rotatable bonds is 27. The van der Waals surface area contributed by atoms with Crippen LogP contribution in [0.2, 0.25) is 0 Å². The summed E-state index contributed by atoms with van der Waals surface area (Å²) in [5, 5.41) is 22.3. The van der Waals surface area contributed by atoms with Crippen LogP contribution in [0.25, 0.3) is 22.3 Å². The van der Waals surface area contributed by atoms with E-state index in [1.807, 2.05) is 0 Å². The number of benzene rings is 1. The van der Waals surface area contributed by atoms with Gasteiger partial charge < -0.3 is 50.9 Å². The van der Waals surface area contributed by atoms with Gasteiger partial charge in [-0.3, -0.25) is 38.5 Å². The third-order valence-electron chi connectivity index (χ3n) is 16.4. The Kier molecular flexibility index (Phi) is 19.4. The molecule has 8 rings (SSSR count). The lowest BCUT2D eigenvalue weighted by Gasteiger charge is -2.38. The largest absolute Gasteiger partial charge is 0.458 e. The minimum Gasteiger partial charge on any atom is -0.458 e. The van der Waals surface area contributed by atoms with Crippen LogP contribution in [0.1, 0.15) is 156 Å². The van der Waals surface area contributed by atoms with Gasteiger partial charge in [-0.1, -0.05) is 26.7 Å². The zero-order chi connectivity index (χ0) is 55.8. The van der Waals surface area contributed by atoms with E-state index in [1.54, 1.807) is 24.8 Å². The standard InChI is InChI=1S/C56H75FN8O12S/c1-5-56(6-2,33-12-7-8-13-33)78-43-28-46(68)64(54(43)73)21-23-76-25-24-75-22-18-45(67)60-32(4)51(70)63-40(14-9-10-19-58)52(71)59-20-11-15-44(66)61-39-17-16-34-31(3)38(57)27-41-47(34)48(39)36-29-65-42(49(36)62-41)26-35-37(53(65)72)30-77-55(74)50(35)69/h26-27,32-33,39-40,43,50,69H,5-25,28-30,58H2,1-4H3,(H,59,71)(H,60,67)(H,61,66)(H,63,70)/t32-,39-,40-,43?,50-/m0/s1. The van der Waals surface area contributed by atoms with Gasteiger partial charge in [-0.2, -0.15) is 0 Å². The fraction of sp³-hybridized carbons (Fsp3) is 0.625. The number of likely N-dealkylation sites (tertiary alicyclic amines) is 1. The molecule has 22 heteroatoms. The van der Waals surface area contributed by atoms with Gasteiger partial charge in [0.05, 0.1) is 73.3 Å². The van der Waals surface area contributed by atoms with Gasteiger partial charge in [0.25, 0.3) is 5.56 Å². The highest BCUT2D eigenvalue weighted by molar-refractivity contribution is 8.02. The lowest BCUT2D eigenvalue weighted by molar-refractivity contribution is -0.157. The Balaban J connectivity index is 0.761. The van der Waals surface area contributed by atoms with Crippen molar-refractivity contribution in [2.45, 2.75) is 171 Å². The van der Waals surface area contributed by atoms with E-state index < -0.39 is 59.3 Å². The summed E-state index contributed by atoms with van der Waals surface area (Å²) in [6.45, 7) is 8.69. The van der Waals surface area contributed by atoms with Crippen LogP contribution >= 0.6 is 11.8 Å². The third-order valence-corrected chi connectivity index (χ3v) is 18.4. The number of nitrogens with two attached hydrogens (primary N) is 1. The highest BCUT2D eigenvalue weighted by Crippen LogP contribution is 2.50. The molecule has 5 heterocycles. The van der Waals surface area contributed by atoms with Gasteiger partial charge in [-0.25, -0.2) is 14.2 Å². The smallest absolute Gasteiger partial charge is 0.340 e. The van der Waals surface area contributed by atoms with E-state index in [4.69, 9.17) is 24.9 Å². The number of pyridine rings is 2. The molecular weight excluding hydrogens is 1030 g/mol. The fourth-order valence-corrected chi connectivity index (χ4v) is 13.8. The molecule has 0 spiro atoms. The summed E-state index contributed by atoms with van der Waals surface area (Å²) in [5.41, 5.74) is 9.33. The molecule has 1 saturated heterocycles. The molecule has 5 aliphatic rings. The van der Waals surface area contributed by atoms with Gasteiger partial charge in [-0.15, -0.1) is 11.8 Å². The molecule has 2 aliphatic carbocycles. The van der Waals surface area contributed by atoms with Gasteiger partial charge in [0.1, 0.15) is 24.5 Å². The minimum absolute atomic E-state index is 0.0137. The van der Waals surface area contributed by atoms with E-state index in [2.05, 4.69) is 35.1 Å². The van der Waals surface area contributed by atoms with Crippen molar-refractivity contribution in [3.63, 3.8) is 0 Å². The zero-order valence-corrected chi connectivity index (χ0v) is 46.0. The van der Waals surface area contributed by atoms with Gasteiger partial charge in [0.15, 0.2) is 6.10 Å². The number of hydrogen-bond acceptors (Lipinski definition) is 15. The monoisotopic (exact) mass is 1100 g/mol. The number of imide groups is 1. The predicted molar refractivity (Wildman–Crippen MR) is 288 cm³/mol. The number of ether oxygens (including phenoxy) is 3. The molecule has 0 bridgehead atoms. The maximum Gasteiger partial charge on any atom is 0.340 e. The van der Waals surface area contributed by atoms with Crippen LogP contribution in [0.3, 0.4) is 0 Å². The third kappa shape index (κ3) is 12.6. The van der Waals surface area contributed by atoms with E-state index in [1.165, 1.54) is 48.1 Å². The number of esters is 1. The fourth-order valence-electron chi connectivity index (χ4n) is 12.0. The Labute approximate surface area is 457 Å². The molecule has 7 N–H and O–H groups in total. The zero-order valence-electron chi connectivity index (χ0n) is 45.2. The number of aryl methyl sites for hydroxylation is 1. The van der Waals surface area contributed by atoms with Crippen LogP contribution < -0.4 is 32.6 Å². The Morgan fingerprint density at radius 2 is 1.68 bits per heavy atom. The number of amides is 6. The molecule has 3 aliphatic heterocycles. The molecule has 0 radical (unpaired) electrons. The van der Waals surface area contributed by atoms with Crippen molar-refractivity contribution >= 4 is 64.1 Å². The topological polar surface area (TPSA) is 280 Å². The SMILES string of the molecule is CCC(CC)(SC1CC(=O)N(CCOCCOCCC(=O)N[C@@H](C)C(=O)N[C@@H](CCCCN)C(=O)NCCCC(=O)N[C@H]2CCc3c(C)c(F)cc4nc5c(c2c34)Cn2c-5cc3c(c2=O)COC(=O)[C@H]3O)C1=O)C1CCCC1. The lowest BCUT2D eigenvalue weighted by atomic mass is 9.81. The molecule has 1 aromatic carbocycles. The quantitative estimate of drug-likeness (QED) is 0.0279. The number of aliphatic hydroxyl groups excluding tert-OH is 1. The number of aromatic nitrogens is 2. The number of hydrogen-bond donors (Lipinski definition) is 6. The summed E-state index contributed by atoms with van der Waals surface area (Å²) in [6.07, 6.45) is 7.93. The molecule has 1 unspecified atom stereocenters. The number of nitrogens with one attached hydrogen (secondary N) is 4. The van der Waals surface area contributed by atoms with E-state index >= 15 is 4.39 Å². The van der Waals surface area contributed by atoms with E-state index in [-0.39, 0.29) is 124 Å². The lowest BCUT2D eigenvalue weighted by Crippen LogP contribution is -2.53. The summed E-state index contributed by atoms with van der Waals surface area (Å²) in [6, 6.07) is 0.467. The summed E-state index contributed by atoms with van der Waals surface area (Å²) in [4.78, 5) is 111. The number of cyclic esters (lactones) is 1. The average Bonchev–Trinajstić information content (AvgIpc) is 4.29. The molecule has 6 amide bonds. The number of carbonyl (C=O) groups is 7. The van der Waals surface area contributed by atoms with E-state index in [9.17, 15) is 43.5 Å². The molecule has 3 aromatic rings. The molecule has 20 nitrogen and oxygen atoms in total. The second-order valence-electron chi connectivity index (χ2n) is 21.2. The molecule has 1 saturated carbocycles. The van der Waals surface area contributed by atoms with Crippen LogP contribution in [0.5, 0.6) is 0 Å². The number of halogens is 1. The maximum atomic E-state index is 15.3. The second-order valence-corrected chi connectivity index (χ2v) is 22.8. The van der Waals surface area contributed by atoms with E-state index in [0.29, 0.717) is 71.6 Å². The van der Waals surface area contributed by atoms with Crippen LogP contribution in [0.4, 0.5) is 4.39 Å². The number of aliphatic hydroxyl groups is 1. The summed E-state index contributed by atoms with van der Waals surface area (Å²) >= 11 is 1.71. The van der Waals surface area contributed by atoms with Crippen molar-refractivity contribution in [3.8, 4) is 11.4 Å². The highest BCUT2D eigenvalue weighted by atomic mass is 32.2. The number of fused-ring (bicyclic) bond motifs is 5. The van der Waals surface area contributed by atoms with Crippen molar-refractivity contribution < 1.29 is 57.3 Å². The van der Waals surface area contributed by atoms with Gasteiger partial charge in [0, 0.05) is 53.1 Å². The van der Waals surface area contributed by atoms with Crippen molar-refractivity contribution in [3.05, 3.63) is 61.7 Å². The first-order valence-corrected chi connectivity index (χ1v) is 28.7. The second kappa shape index (κ2) is 26.0. The highest BCUT2D eigenvalue weighted by Gasteiger charge is 2.47. The first-order chi connectivity index (χ1) is 37.5. The normalized spacial score (nSPS) is 19.6. The van der Waals surface area contributed by atoms with Gasteiger partial charge in [-0.05, 0) is 113 Å². The maximum absolute atomic E-state index is 15.3. The Morgan fingerprint density at radius 1 is 0.936 bits per heavy atom. The van der Waals surface area contributed by atoms with Crippen LogP contribution in [-0.2, 0) is 67.3 Å². The Hall–Kier alpha value is -5.81. The Bertz CT molecular complexity index is 2850. The van der Waals surface area contributed by atoms with Gasteiger partial charge >= 0.3 is 5.97 Å². The number of carbonyl (C=O) groups excluding carboxylic acids is 7. The summed E-state index contributed by atoms with van der Waals surface area (Å²) in [7, 11) is 0. The summed E-state index contributed by atoms with van der Waals surface area (Å²) < 4.78 is 33.1. The van der Waals surface area contributed by atoms with Crippen LogP contribution in [-0.4, -0.2) is 129 Å². The van der Waals surface area contributed by atoms with Crippen molar-refractivity contribution in [2.75, 3.05) is 46.1 Å². The molecular formula is C56H75FN8O12S. The first kappa shape index (κ1) is 58.3. The van der Waals surface area contributed by atoms with Crippen LogP contribution in [0.15, 0.2) is 16.9 Å². The molecule has 2 aromatic heterocycles. The average molecular weight is 1100 g/mol. The number of unbranched alkanes of at least 4 members (excludes halogenated alkanes) is 1. The summed E-state index contributed by atoms with van der Waals surface area (Å²) in [5.74, 6) is -2.79. The first-order valence-electron chi connectivity index (χ1n) is 27.8. The Morgan fingerprint density at radius 3 is 2.41 bits per heavy atom. The van der Waals surface area contributed by atoms with Gasteiger partial charge in [0.2, 0.25) is 35.4 Å². The molecule has 5 atom stereocenters. The number of thioether (sulfide) groups is 1. The molecule has 424 valence electrons. The molecule has 78 heavy (non-hydrogen) atoms. The van der Waals surface area contributed by atoms with Crippen molar-refractivity contribution in [1.82, 2.24) is 35.7 Å². The van der Waals surface area contributed by atoms with E-state index in [0.717, 1.165) is 24.0 Å². The minimum atomic E-state index is -1.64. The van der Waals surface area contributed by atoms with Crippen molar-refractivity contribution in [1.29, 1.82) is 0 Å². The molecule has 2 fully saturated rings. The predicted octanol–water partition coefficient (Wildman–Crippen LogP) is 4.11. The number of nitrogens with zero attached hydrogens (tertiary/aromatic N) is 3. The van der Waals surface area contributed by atoms with Crippen LogP contribution in [0, 0.1) is 18.7 Å².